The maximum Gasteiger partial charge on any atom is 0.205 e. The number of aromatic nitrogens is 2. The molecule has 1 atom stereocenters. The first kappa shape index (κ1) is 15.2. The average molecular weight is 316 g/mol. The highest BCUT2D eigenvalue weighted by atomic mass is 35.5. The maximum absolute atomic E-state index is 13.3. The van der Waals surface area contributed by atoms with Crippen LogP contribution in [0.2, 0.25) is 5.02 Å². The van der Waals surface area contributed by atoms with E-state index in [1.807, 2.05) is 0 Å². The summed E-state index contributed by atoms with van der Waals surface area (Å²) >= 11 is 7.06. The summed E-state index contributed by atoms with van der Waals surface area (Å²) in [6, 6.07) is 4.26. The van der Waals surface area contributed by atoms with E-state index in [2.05, 4.69) is 22.4 Å². The van der Waals surface area contributed by atoms with Crippen LogP contribution in [0.5, 0.6) is 0 Å². The number of anilines is 1. The van der Waals surface area contributed by atoms with Gasteiger partial charge in [-0.25, -0.2) is 4.39 Å². The average Bonchev–Trinajstić information content (AvgIpc) is 2.87. The van der Waals surface area contributed by atoms with Gasteiger partial charge in [0.15, 0.2) is 0 Å². The first-order valence-electron chi connectivity index (χ1n) is 6.29. The Labute approximate surface area is 125 Å². The lowest BCUT2D eigenvalue weighted by Crippen LogP contribution is -2.12. The Morgan fingerprint density at radius 3 is 2.95 bits per heavy atom. The van der Waals surface area contributed by atoms with Crippen molar-refractivity contribution in [2.45, 2.75) is 25.9 Å². The van der Waals surface area contributed by atoms with Crippen LogP contribution in [0.3, 0.4) is 0 Å². The molecule has 1 heterocycles. The lowest BCUT2D eigenvalue weighted by Gasteiger charge is -2.11. The predicted molar refractivity (Wildman–Crippen MR) is 78.8 cm³/mol. The van der Waals surface area contributed by atoms with Gasteiger partial charge in [0, 0.05) is 13.0 Å². The van der Waals surface area contributed by atoms with Crippen molar-refractivity contribution in [3.63, 3.8) is 0 Å². The molecule has 0 spiro atoms. The van der Waals surface area contributed by atoms with Crippen molar-refractivity contribution in [3.8, 4) is 0 Å². The number of aliphatic hydroxyl groups excluding tert-OH is 1. The van der Waals surface area contributed by atoms with E-state index in [9.17, 15) is 9.50 Å². The van der Waals surface area contributed by atoms with Gasteiger partial charge in [-0.15, -0.1) is 10.2 Å². The number of rotatable bonds is 6. The number of hydrogen-bond donors (Lipinski definition) is 2. The summed E-state index contributed by atoms with van der Waals surface area (Å²) in [5.74, 6) is -0.538. The molecular formula is C13H15ClFN3OS. The predicted octanol–water partition coefficient (Wildman–Crippen LogP) is 3.43. The van der Waals surface area contributed by atoms with Crippen molar-refractivity contribution in [1.29, 1.82) is 0 Å². The third-order valence-corrected chi connectivity index (χ3v) is 3.95. The molecule has 0 aliphatic heterocycles. The van der Waals surface area contributed by atoms with Crippen LogP contribution in [0.15, 0.2) is 18.2 Å². The zero-order valence-electron chi connectivity index (χ0n) is 10.9. The minimum absolute atomic E-state index is 0.0437. The summed E-state index contributed by atoms with van der Waals surface area (Å²) in [4.78, 5) is 0. The van der Waals surface area contributed by atoms with E-state index >= 15 is 0 Å². The lowest BCUT2D eigenvalue weighted by atomic mass is 10.1. The molecule has 0 radical (unpaired) electrons. The molecule has 2 aromatic rings. The molecule has 1 unspecified atom stereocenters. The summed E-state index contributed by atoms with van der Waals surface area (Å²) in [6.07, 6.45) is 1.08. The fraction of sp³-hybridized carbons (Fsp3) is 0.385. The van der Waals surface area contributed by atoms with Gasteiger partial charge in [0.1, 0.15) is 10.8 Å². The second-order valence-corrected chi connectivity index (χ2v) is 5.79. The van der Waals surface area contributed by atoms with E-state index in [0.29, 0.717) is 10.7 Å². The number of aliphatic hydroxyl groups is 1. The van der Waals surface area contributed by atoms with Crippen molar-refractivity contribution in [1.82, 2.24) is 10.2 Å². The molecule has 1 aromatic carbocycles. The summed E-state index contributed by atoms with van der Waals surface area (Å²) in [6.45, 7) is 2.31. The maximum atomic E-state index is 13.3. The van der Waals surface area contributed by atoms with E-state index in [1.54, 1.807) is 6.07 Å². The number of halogens is 2. The largest absolute Gasteiger partial charge is 0.387 e. The fourth-order valence-corrected chi connectivity index (χ4v) is 2.63. The molecule has 0 amide bonds. The van der Waals surface area contributed by atoms with Crippen molar-refractivity contribution < 1.29 is 9.50 Å². The van der Waals surface area contributed by atoms with Gasteiger partial charge in [-0.2, -0.15) is 0 Å². The summed E-state index contributed by atoms with van der Waals surface area (Å²) in [5, 5.41) is 22.7. The van der Waals surface area contributed by atoms with Gasteiger partial charge in [0.05, 0.1) is 11.1 Å². The molecule has 0 aliphatic rings. The standard InChI is InChI=1S/C13H15ClFN3OS/c1-2-3-12-17-18-13(20-12)16-7-11(19)8-4-5-9(14)10(15)6-8/h4-6,11,19H,2-3,7H2,1H3,(H,16,18). The molecule has 0 bridgehead atoms. The number of hydrogen-bond acceptors (Lipinski definition) is 5. The van der Waals surface area contributed by atoms with Gasteiger partial charge in [-0.1, -0.05) is 35.9 Å². The fourth-order valence-electron chi connectivity index (χ4n) is 1.66. The van der Waals surface area contributed by atoms with Gasteiger partial charge in [-0.3, -0.25) is 0 Å². The molecule has 2 rings (SSSR count). The molecule has 0 saturated heterocycles. The monoisotopic (exact) mass is 315 g/mol. The third kappa shape index (κ3) is 3.88. The van der Waals surface area contributed by atoms with E-state index < -0.39 is 11.9 Å². The molecule has 7 heteroatoms. The Morgan fingerprint density at radius 1 is 1.45 bits per heavy atom. The zero-order chi connectivity index (χ0) is 14.5. The van der Waals surface area contributed by atoms with Crippen LogP contribution in [-0.2, 0) is 6.42 Å². The van der Waals surface area contributed by atoms with Crippen LogP contribution in [0.25, 0.3) is 0 Å². The van der Waals surface area contributed by atoms with E-state index in [1.165, 1.54) is 23.5 Å². The molecule has 0 aliphatic carbocycles. The number of benzene rings is 1. The van der Waals surface area contributed by atoms with Gasteiger partial charge < -0.3 is 10.4 Å². The number of nitrogens with zero attached hydrogens (tertiary/aromatic N) is 2. The normalized spacial score (nSPS) is 12.4. The lowest BCUT2D eigenvalue weighted by molar-refractivity contribution is 0.191. The minimum atomic E-state index is -0.833. The van der Waals surface area contributed by atoms with Gasteiger partial charge >= 0.3 is 0 Å². The highest BCUT2D eigenvalue weighted by Gasteiger charge is 2.11. The number of aryl methyl sites for hydroxylation is 1. The second-order valence-electron chi connectivity index (χ2n) is 4.32. The van der Waals surface area contributed by atoms with E-state index in [-0.39, 0.29) is 11.6 Å². The molecule has 20 heavy (non-hydrogen) atoms. The van der Waals surface area contributed by atoms with Gasteiger partial charge in [0.2, 0.25) is 5.13 Å². The van der Waals surface area contributed by atoms with Crippen LogP contribution in [0.1, 0.15) is 30.0 Å². The van der Waals surface area contributed by atoms with Crippen LogP contribution in [0, 0.1) is 5.82 Å². The summed E-state index contributed by atoms with van der Waals surface area (Å²) in [7, 11) is 0. The molecular weight excluding hydrogens is 301 g/mol. The summed E-state index contributed by atoms with van der Waals surface area (Å²) < 4.78 is 13.3. The Hall–Kier alpha value is -1.24. The molecule has 2 N–H and O–H groups in total. The van der Waals surface area contributed by atoms with Crippen molar-refractivity contribution in [2.75, 3.05) is 11.9 Å². The molecule has 0 saturated carbocycles. The molecule has 0 fully saturated rings. The highest BCUT2D eigenvalue weighted by molar-refractivity contribution is 7.15. The van der Waals surface area contributed by atoms with Crippen LogP contribution >= 0.6 is 22.9 Å². The van der Waals surface area contributed by atoms with E-state index in [4.69, 9.17) is 11.6 Å². The Bertz CT molecular complexity index is 578. The molecule has 1 aromatic heterocycles. The Morgan fingerprint density at radius 2 is 2.25 bits per heavy atom. The third-order valence-electron chi connectivity index (χ3n) is 2.71. The Balaban J connectivity index is 1.93. The van der Waals surface area contributed by atoms with Crippen molar-refractivity contribution in [2.24, 2.45) is 0 Å². The van der Waals surface area contributed by atoms with E-state index in [0.717, 1.165) is 17.8 Å². The summed E-state index contributed by atoms with van der Waals surface area (Å²) in [5.41, 5.74) is 0.470. The van der Waals surface area contributed by atoms with Crippen molar-refractivity contribution >= 4 is 28.1 Å². The van der Waals surface area contributed by atoms with Crippen LogP contribution in [0.4, 0.5) is 9.52 Å². The smallest absolute Gasteiger partial charge is 0.205 e. The minimum Gasteiger partial charge on any atom is -0.387 e. The first-order chi connectivity index (χ1) is 9.60. The Kier molecular flexibility index (Phi) is 5.28. The second kappa shape index (κ2) is 6.97. The quantitative estimate of drug-likeness (QED) is 0.857. The van der Waals surface area contributed by atoms with Gasteiger partial charge in [-0.05, 0) is 24.1 Å². The zero-order valence-corrected chi connectivity index (χ0v) is 12.5. The van der Waals surface area contributed by atoms with Crippen molar-refractivity contribution in [3.05, 3.63) is 39.6 Å². The van der Waals surface area contributed by atoms with Crippen LogP contribution in [-0.4, -0.2) is 21.8 Å². The number of nitrogens with one attached hydrogen (secondary N) is 1. The highest BCUT2D eigenvalue weighted by Crippen LogP contribution is 2.22. The topological polar surface area (TPSA) is 58.0 Å². The van der Waals surface area contributed by atoms with Gasteiger partial charge in [0.25, 0.3) is 0 Å². The molecule has 4 nitrogen and oxygen atoms in total. The first-order valence-corrected chi connectivity index (χ1v) is 7.49. The SMILES string of the molecule is CCCc1nnc(NCC(O)c2ccc(Cl)c(F)c2)s1. The molecule has 108 valence electrons. The van der Waals surface area contributed by atoms with Crippen LogP contribution < -0.4 is 5.32 Å².